The molecule has 1 saturated carbocycles. The number of rotatable bonds is 5. The van der Waals surface area contributed by atoms with Crippen molar-refractivity contribution in [2.75, 3.05) is 13.1 Å². The Balaban J connectivity index is 1.64. The molecule has 2 aliphatic rings. The number of furan rings is 1. The van der Waals surface area contributed by atoms with Crippen LogP contribution in [0.25, 0.3) is 0 Å². The van der Waals surface area contributed by atoms with Crippen molar-refractivity contribution in [3.05, 3.63) is 17.9 Å². The van der Waals surface area contributed by atoms with Crippen molar-refractivity contribution < 1.29 is 17.9 Å². The van der Waals surface area contributed by atoms with Gasteiger partial charge < -0.3 is 9.52 Å². The van der Waals surface area contributed by atoms with E-state index in [0.29, 0.717) is 6.04 Å². The van der Waals surface area contributed by atoms with E-state index in [1.807, 2.05) is 0 Å². The molecule has 106 valence electrons. The summed E-state index contributed by atoms with van der Waals surface area (Å²) < 4.78 is 32.0. The quantitative estimate of drug-likeness (QED) is 0.813. The van der Waals surface area contributed by atoms with E-state index < -0.39 is 10.0 Å². The summed E-state index contributed by atoms with van der Waals surface area (Å²) in [4.78, 5) is 2.34. The molecule has 0 radical (unpaired) electrons. The number of aliphatic hydroxyl groups excluding tert-OH is 1. The molecule has 0 aromatic carbocycles. The Morgan fingerprint density at radius 1 is 1.37 bits per heavy atom. The number of likely N-dealkylation sites (tertiary alicyclic amines) is 1. The van der Waals surface area contributed by atoms with Gasteiger partial charge in [0.05, 0.1) is 0 Å². The highest BCUT2D eigenvalue weighted by molar-refractivity contribution is 7.89. The Kier molecular flexibility index (Phi) is 3.38. The molecule has 6 nitrogen and oxygen atoms in total. The third-order valence-corrected chi connectivity index (χ3v) is 5.06. The first-order valence-electron chi connectivity index (χ1n) is 6.54. The number of hydrogen-bond acceptors (Lipinski definition) is 5. The van der Waals surface area contributed by atoms with Crippen LogP contribution in [0.15, 0.2) is 21.6 Å². The highest BCUT2D eigenvalue weighted by atomic mass is 32.2. The highest BCUT2D eigenvalue weighted by Crippen LogP contribution is 2.30. The van der Waals surface area contributed by atoms with Crippen LogP contribution in [0.1, 0.15) is 25.0 Å². The summed E-state index contributed by atoms with van der Waals surface area (Å²) in [6.07, 6.45) is 3.30. The zero-order valence-corrected chi connectivity index (χ0v) is 11.4. The maximum atomic E-state index is 12.1. The van der Waals surface area contributed by atoms with Crippen LogP contribution in [0.5, 0.6) is 0 Å². The fourth-order valence-electron chi connectivity index (χ4n) is 2.52. The lowest BCUT2D eigenvalue weighted by Gasteiger charge is -2.15. The fraction of sp³-hybridized carbons (Fsp3) is 0.667. The Bertz CT molecular complexity index is 550. The summed E-state index contributed by atoms with van der Waals surface area (Å²) in [5.41, 5.74) is 0. The normalized spacial score (nSPS) is 25.0. The van der Waals surface area contributed by atoms with Crippen molar-refractivity contribution in [1.82, 2.24) is 9.62 Å². The van der Waals surface area contributed by atoms with Gasteiger partial charge in [-0.15, -0.1) is 0 Å². The van der Waals surface area contributed by atoms with Crippen molar-refractivity contribution in [3.63, 3.8) is 0 Å². The van der Waals surface area contributed by atoms with Gasteiger partial charge in [-0.3, -0.25) is 4.90 Å². The van der Waals surface area contributed by atoms with Gasteiger partial charge in [-0.05, 0) is 31.4 Å². The van der Waals surface area contributed by atoms with Crippen LogP contribution in [0.4, 0.5) is 0 Å². The molecule has 2 fully saturated rings. The van der Waals surface area contributed by atoms with Gasteiger partial charge in [0.15, 0.2) is 0 Å². The largest absolute Gasteiger partial charge is 0.446 e. The molecular formula is C12H18N2O4S. The third kappa shape index (κ3) is 2.84. The zero-order chi connectivity index (χ0) is 13.5. The third-order valence-electron chi connectivity index (χ3n) is 3.66. The Morgan fingerprint density at radius 2 is 2.16 bits per heavy atom. The summed E-state index contributed by atoms with van der Waals surface area (Å²) in [7, 11) is -3.62. The van der Waals surface area contributed by atoms with Gasteiger partial charge in [-0.1, -0.05) is 0 Å². The Labute approximate surface area is 112 Å². The topological polar surface area (TPSA) is 82.8 Å². The monoisotopic (exact) mass is 286 g/mol. The predicted molar refractivity (Wildman–Crippen MR) is 68.0 cm³/mol. The van der Waals surface area contributed by atoms with Crippen LogP contribution in [0.2, 0.25) is 0 Å². The van der Waals surface area contributed by atoms with Crippen molar-refractivity contribution >= 4 is 10.0 Å². The molecule has 1 aromatic rings. The summed E-state index contributed by atoms with van der Waals surface area (Å²) in [5, 5.41) is 8.76. The van der Waals surface area contributed by atoms with Gasteiger partial charge in [0.2, 0.25) is 5.09 Å². The molecule has 1 saturated heterocycles. The maximum absolute atomic E-state index is 12.1. The van der Waals surface area contributed by atoms with E-state index in [1.54, 1.807) is 0 Å². The van der Waals surface area contributed by atoms with Gasteiger partial charge in [0.1, 0.15) is 12.4 Å². The van der Waals surface area contributed by atoms with E-state index in [4.69, 9.17) is 9.52 Å². The molecule has 7 heteroatoms. The zero-order valence-electron chi connectivity index (χ0n) is 10.6. The predicted octanol–water partition coefficient (Wildman–Crippen LogP) is 0.287. The minimum absolute atomic E-state index is 0.0479. The minimum Gasteiger partial charge on any atom is -0.446 e. The van der Waals surface area contributed by atoms with E-state index in [1.165, 1.54) is 25.0 Å². The average molecular weight is 286 g/mol. The summed E-state index contributed by atoms with van der Waals surface area (Å²) in [6, 6.07) is 3.47. The number of nitrogens with zero attached hydrogens (tertiary/aromatic N) is 1. The first-order chi connectivity index (χ1) is 9.08. The molecule has 1 aromatic heterocycles. The molecule has 1 atom stereocenters. The summed E-state index contributed by atoms with van der Waals surface area (Å²) >= 11 is 0. The van der Waals surface area contributed by atoms with E-state index in [0.717, 1.165) is 19.5 Å². The number of sulfonamides is 1. The van der Waals surface area contributed by atoms with Crippen molar-refractivity contribution in [2.45, 2.75) is 43.0 Å². The van der Waals surface area contributed by atoms with Crippen LogP contribution in [-0.4, -0.2) is 43.6 Å². The lowest BCUT2D eigenvalue weighted by molar-refractivity contribution is 0.236. The summed E-state index contributed by atoms with van der Waals surface area (Å²) in [5.74, 6) is 0.256. The maximum Gasteiger partial charge on any atom is 0.274 e. The van der Waals surface area contributed by atoms with Crippen LogP contribution in [0.3, 0.4) is 0 Å². The van der Waals surface area contributed by atoms with E-state index >= 15 is 0 Å². The van der Waals surface area contributed by atoms with Gasteiger partial charge in [0, 0.05) is 25.2 Å². The van der Waals surface area contributed by atoms with Crippen molar-refractivity contribution in [3.8, 4) is 0 Å². The fourth-order valence-corrected chi connectivity index (χ4v) is 3.73. The highest BCUT2D eigenvalue weighted by Gasteiger charge is 2.36. The molecule has 1 aliphatic heterocycles. The number of hydrogen-bond donors (Lipinski definition) is 2. The molecule has 0 amide bonds. The van der Waals surface area contributed by atoms with Crippen LogP contribution in [0, 0.1) is 0 Å². The lowest BCUT2D eigenvalue weighted by Crippen LogP contribution is -2.37. The Morgan fingerprint density at radius 3 is 2.79 bits per heavy atom. The van der Waals surface area contributed by atoms with Gasteiger partial charge >= 0.3 is 0 Å². The van der Waals surface area contributed by atoms with Crippen LogP contribution < -0.4 is 4.72 Å². The molecule has 1 aliphatic carbocycles. The van der Waals surface area contributed by atoms with E-state index in [9.17, 15) is 8.42 Å². The molecule has 0 bridgehead atoms. The van der Waals surface area contributed by atoms with Crippen molar-refractivity contribution in [2.24, 2.45) is 0 Å². The second kappa shape index (κ2) is 4.90. The number of aliphatic hydroxyl groups is 1. The molecule has 1 unspecified atom stereocenters. The number of nitrogens with one attached hydrogen (secondary N) is 1. The molecule has 3 rings (SSSR count). The van der Waals surface area contributed by atoms with Crippen molar-refractivity contribution in [1.29, 1.82) is 0 Å². The summed E-state index contributed by atoms with van der Waals surface area (Å²) in [6.45, 7) is 1.43. The molecule has 0 spiro atoms. The molecular weight excluding hydrogens is 268 g/mol. The standard InChI is InChI=1S/C12H18N2O4S/c15-8-11-3-4-12(18-11)19(16,17)13-9-5-6-14(7-9)10-1-2-10/h3-4,9-10,13,15H,1-2,5-8H2. The van der Waals surface area contributed by atoms with Gasteiger partial charge in [0.25, 0.3) is 10.0 Å². The lowest BCUT2D eigenvalue weighted by atomic mass is 10.3. The average Bonchev–Trinajstić information content (AvgIpc) is 2.92. The first kappa shape index (κ1) is 13.1. The second-order valence-corrected chi connectivity index (χ2v) is 6.86. The second-order valence-electron chi connectivity index (χ2n) is 5.21. The smallest absolute Gasteiger partial charge is 0.274 e. The molecule has 2 heterocycles. The molecule has 19 heavy (non-hydrogen) atoms. The van der Waals surface area contributed by atoms with Crippen LogP contribution >= 0.6 is 0 Å². The SMILES string of the molecule is O=S(=O)(NC1CCN(C2CC2)C1)c1ccc(CO)o1. The minimum atomic E-state index is -3.62. The first-order valence-corrected chi connectivity index (χ1v) is 8.03. The van der Waals surface area contributed by atoms with Gasteiger partial charge in [-0.2, -0.15) is 0 Å². The Hall–Kier alpha value is -0.890. The molecule has 2 N–H and O–H groups in total. The van der Waals surface area contributed by atoms with E-state index in [2.05, 4.69) is 9.62 Å². The van der Waals surface area contributed by atoms with Crippen LogP contribution in [-0.2, 0) is 16.6 Å². The van der Waals surface area contributed by atoms with E-state index in [-0.39, 0.29) is 23.5 Å². The van der Waals surface area contributed by atoms with Gasteiger partial charge in [-0.25, -0.2) is 13.1 Å².